The summed E-state index contributed by atoms with van der Waals surface area (Å²) in [7, 11) is 0. The Balaban J connectivity index is 2.31. The quantitative estimate of drug-likeness (QED) is 0.490. The maximum absolute atomic E-state index is 11.3. The highest BCUT2D eigenvalue weighted by Crippen LogP contribution is 2.19. The maximum Gasteiger partial charge on any atom is 0.164 e. The number of ketones is 1. The van der Waals surface area contributed by atoms with Crippen LogP contribution in [-0.4, -0.2) is 17.5 Å². The highest BCUT2D eigenvalue weighted by Gasteiger charge is 2.25. The lowest BCUT2D eigenvalue weighted by Crippen LogP contribution is -2.31. The van der Waals surface area contributed by atoms with Gasteiger partial charge in [-0.1, -0.05) is 0 Å². The average Bonchev–Trinajstić information content (AvgIpc) is 2.01. The van der Waals surface area contributed by atoms with E-state index in [1.165, 1.54) is 0 Å². The van der Waals surface area contributed by atoms with Gasteiger partial charge in [-0.3, -0.25) is 4.79 Å². The summed E-state index contributed by atoms with van der Waals surface area (Å²) in [5.74, 6) is 0.176. The van der Waals surface area contributed by atoms with Crippen molar-refractivity contribution in [3.63, 3.8) is 0 Å². The Morgan fingerprint density at radius 1 is 1.31 bits per heavy atom. The molecule has 1 rings (SSSR count). The smallest absolute Gasteiger partial charge is 0.164 e. The second-order valence-electron chi connectivity index (χ2n) is 4.49. The lowest BCUT2D eigenvalue weighted by atomic mass is 9.97. The maximum atomic E-state index is 11.3. The molecule has 0 aliphatic heterocycles. The van der Waals surface area contributed by atoms with Crippen molar-refractivity contribution in [1.82, 2.24) is 0 Å². The number of Topliss-reactive ketones (excluding diaryl/α,β-unsaturated/α-hetero) is 1. The number of hydrogen-bond donors (Lipinski definition) is 0. The Morgan fingerprint density at radius 2 is 2.00 bits per heavy atom. The predicted octanol–water partition coefficient (Wildman–Crippen LogP) is 2.24. The van der Waals surface area contributed by atoms with Gasteiger partial charge in [0.15, 0.2) is 11.9 Å². The van der Waals surface area contributed by atoms with Crippen molar-refractivity contribution in [2.45, 2.75) is 58.2 Å². The van der Waals surface area contributed by atoms with Crippen LogP contribution in [0.5, 0.6) is 0 Å². The van der Waals surface area contributed by atoms with Gasteiger partial charge in [0.05, 0.1) is 5.60 Å². The summed E-state index contributed by atoms with van der Waals surface area (Å²) in [5, 5.41) is 0. The topological polar surface area (TPSA) is 35.5 Å². The molecular weight excluding hydrogens is 168 g/mol. The highest BCUT2D eigenvalue weighted by atomic mass is 17.2. The van der Waals surface area contributed by atoms with E-state index >= 15 is 0 Å². The Bertz CT molecular complexity index is 181. The lowest BCUT2D eigenvalue weighted by Gasteiger charge is -2.24. The second-order valence-corrected chi connectivity index (χ2v) is 4.49. The average molecular weight is 186 g/mol. The van der Waals surface area contributed by atoms with E-state index in [1.54, 1.807) is 0 Å². The van der Waals surface area contributed by atoms with Crippen LogP contribution in [0, 0.1) is 0 Å². The number of hydrogen-bond acceptors (Lipinski definition) is 3. The van der Waals surface area contributed by atoms with Gasteiger partial charge < -0.3 is 0 Å². The Morgan fingerprint density at radius 3 is 2.54 bits per heavy atom. The summed E-state index contributed by atoms with van der Waals surface area (Å²) in [6, 6.07) is 0. The Kier molecular flexibility index (Phi) is 3.45. The molecular formula is C10H18O3. The largest absolute Gasteiger partial charge is 0.297 e. The molecule has 0 bridgehead atoms. The van der Waals surface area contributed by atoms with E-state index in [0.717, 1.165) is 19.3 Å². The third kappa shape index (κ3) is 3.87. The van der Waals surface area contributed by atoms with Crippen molar-refractivity contribution < 1.29 is 14.6 Å². The molecule has 1 unspecified atom stereocenters. The van der Waals surface area contributed by atoms with Crippen LogP contribution in [0.25, 0.3) is 0 Å². The minimum Gasteiger partial charge on any atom is -0.297 e. The summed E-state index contributed by atoms with van der Waals surface area (Å²) in [6.07, 6.45) is 3.17. The Hall–Kier alpha value is -0.410. The molecule has 1 aliphatic carbocycles. The number of rotatable bonds is 2. The van der Waals surface area contributed by atoms with E-state index < -0.39 is 0 Å². The molecule has 0 N–H and O–H groups in total. The van der Waals surface area contributed by atoms with E-state index in [9.17, 15) is 4.79 Å². The zero-order valence-corrected chi connectivity index (χ0v) is 8.63. The number of carbonyl (C=O) groups is 1. The monoisotopic (exact) mass is 186 g/mol. The van der Waals surface area contributed by atoms with Gasteiger partial charge in [0.2, 0.25) is 0 Å². The molecule has 0 aromatic heterocycles. The van der Waals surface area contributed by atoms with Crippen LogP contribution in [0.15, 0.2) is 0 Å². The summed E-state index contributed by atoms with van der Waals surface area (Å²) in [4.78, 5) is 21.5. The SMILES string of the molecule is CC(C)(C)OOC1CCCCC1=O. The third-order valence-electron chi connectivity index (χ3n) is 1.91. The molecule has 0 aromatic carbocycles. The van der Waals surface area contributed by atoms with Gasteiger partial charge in [-0.2, -0.15) is 0 Å². The molecule has 0 amide bonds. The van der Waals surface area contributed by atoms with Gasteiger partial charge in [-0.05, 0) is 40.0 Å². The molecule has 0 radical (unpaired) electrons. The predicted molar refractivity (Wildman–Crippen MR) is 49.2 cm³/mol. The summed E-state index contributed by atoms with van der Waals surface area (Å²) < 4.78 is 0. The van der Waals surface area contributed by atoms with Crippen molar-refractivity contribution in [1.29, 1.82) is 0 Å². The fraction of sp³-hybridized carbons (Fsp3) is 0.900. The van der Waals surface area contributed by atoms with E-state index in [2.05, 4.69) is 0 Å². The van der Waals surface area contributed by atoms with Crippen molar-refractivity contribution >= 4 is 5.78 Å². The first-order valence-electron chi connectivity index (χ1n) is 4.86. The first-order chi connectivity index (χ1) is 5.99. The molecule has 1 aliphatic rings. The van der Waals surface area contributed by atoms with E-state index in [1.807, 2.05) is 20.8 Å². The standard InChI is InChI=1S/C10H18O3/c1-10(2,3)13-12-9-7-5-4-6-8(9)11/h9H,4-7H2,1-3H3. The molecule has 0 aromatic rings. The first-order valence-corrected chi connectivity index (χ1v) is 4.86. The second kappa shape index (κ2) is 4.20. The van der Waals surface area contributed by atoms with Gasteiger partial charge >= 0.3 is 0 Å². The Labute approximate surface area is 79.3 Å². The molecule has 1 fully saturated rings. The van der Waals surface area contributed by atoms with Crippen LogP contribution < -0.4 is 0 Å². The van der Waals surface area contributed by atoms with Gasteiger partial charge in [-0.25, -0.2) is 9.78 Å². The molecule has 13 heavy (non-hydrogen) atoms. The van der Waals surface area contributed by atoms with E-state index in [4.69, 9.17) is 9.78 Å². The molecule has 0 saturated heterocycles. The van der Waals surface area contributed by atoms with Crippen molar-refractivity contribution in [3.05, 3.63) is 0 Å². The summed E-state index contributed by atoms with van der Waals surface area (Å²) in [5.41, 5.74) is -0.336. The van der Waals surface area contributed by atoms with Crippen LogP contribution in [0.3, 0.4) is 0 Å². The summed E-state index contributed by atoms with van der Waals surface area (Å²) >= 11 is 0. The van der Waals surface area contributed by atoms with Crippen molar-refractivity contribution in [2.24, 2.45) is 0 Å². The van der Waals surface area contributed by atoms with Gasteiger partial charge in [0.25, 0.3) is 0 Å². The number of carbonyl (C=O) groups excluding carboxylic acids is 1. The third-order valence-corrected chi connectivity index (χ3v) is 1.91. The molecule has 3 nitrogen and oxygen atoms in total. The van der Waals surface area contributed by atoms with E-state index in [-0.39, 0.29) is 17.5 Å². The lowest BCUT2D eigenvalue weighted by molar-refractivity contribution is -0.366. The van der Waals surface area contributed by atoms with Crippen LogP contribution in [0.2, 0.25) is 0 Å². The molecule has 1 saturated carbocycles. The van der Waals surface area contributed by atoms with Crippen molar-refractivity contribution in [3.8, 4) is 0 Å². The summed E-state index contributed by atoms with van der Waals surface area (Å²) in [6.45, 7) is 5.71. The highest BCUT2D eigenvalue weighted by molar-refractivity contribution is 5.83. The zero-order valence-electron chi connectivity index (χ0n) is 8.63. The van der Waals surface area contributed by atoms with Gasteiger partial charge in [0.1, 0.15) is 0 Å². The molecule has 3 heteroatoms. The van der Waals surface area contributed by atoms with Crippen molar-refractivity contribution in [2.75, 3.05) is 0 Å². The minimum absolute atomic E-state index is 0.176. The van der Waals surface area contributed by atoms with Crippen LogP contribution in [0.1, 0.15) is 46.5 Å². The van der Waals surface area contributed by atoms with Crippen LogP contribution in [0.4, 0.5) is 0 Å². The van der Waals surface area contributed by atoms with Crippen LogP contribution >= 0.6 is 0 Å². The minimum atomic E-state index is -0.336. The molecule has 76 valence electrons. The molecule has 0 heterocycles. The first kappa shape index (κ1) is 10.7. The molecule has 0 spiro atoms. The van der Waals surface area contributed by atoms with Gasteiger partial charge in [0, 0.05) is 6.42 Å². The van der Waals surface area contributed by atoms with E-state index in [0.29, 0.717) is 6.42 Å². The normalized spacial score (nSPS) is 24.8. The fourth-order valence-electron chi connectivity index (χ4n) is 1.26. The zero-order chi connectivity index (χ0) is 9.90. The van der Waals surface area contributed by atoms with Crippen LogP contribution in [-0.2, 0) is 14.6 Å². The molecule has 1 atom stereocenters. The van der Waals surface area contributed by atoms with Gasteiger partial charge in [-0.15, -0.1) is 0 Å². The fourth-order valence-corrected chi connectivity index (χ4v) is 1.26.